The van der Waals surface area contributed by atoms with Gasteiger partial charge in [-0.2, -0.15) is 0 Å². The Kier molecular flexibility index (Phi) is 7.46. The van der Waals surface area contributed by atoms with E-state index in [1.165, 1.54) is 0 Å². The first-order valence-electron chi connectivity index (χ1n) is 12.7. The Bertz CT molecular complexity index is 1460. The van der Waals surface area contributed by atoms with Crippen LogP contribution in [0.4, 0.5) is 5.82 Å². The smallest absolute Gasteiger partial charge is 0.228 e. The van der Waals surface area contributed by atoms with Crippen molar-refractivity contribution in [1.82, 2.24) is 24.7 Å². The molecule has 1 aliphatic carbocycles. The van der Waals surface area contributed by atoms with E-state index in [0.29, 0.717) is 58.5 Å². The maximum Gasteiger partial charge on any atom is 0.228 e. The van der Waals surface area contributed by atoms with Crippen LogP contribution in [0.3, 0.4) is 0 Å². The molecule has 1 fully saturated rings. The number of hydrogen-bond acceptors (Lipinski definition) is 7. The van der Waals surface area contributed by atoms with Gasteiger partial charge in [0.15, 0.2) is 17.3 Å². The molecule has 1 aromatic carbocycles. The van der Waals surface area contributed by atoms with Crippen molar-refractivity contribution < 1.29 is 13.9 Å². The molecular formula is C27H31ClN6O3Si. The molecule has 0 aliphatic heterocycles. The summed E-state index contributed by atoms with van der Waals surface area (Å²) in [6.07, 6.45) is 5.15. The number of nitrogens with zero attached hydrogens (tertiary/aromatic N) is 5. The minimum absolute atomic E-state index is 0.0145. The molecule has 0 saturated heterocycles. The summed E-state index contributed by atoms with van der Waals surface area (Å²) in [5.74, 6) is 1.87. The Morgan fingerprint density at radius 2 is 2.03 bits per heavy atom. The van der Waals surface area contributed by atoms with Crippen molar-refractivity contribution in [2.45, 2.75) is 52.2 Å². The summed E-state index contributed by atoms with van der Waals surface area (Å²) in [6, 6.07) is 10.3. The van der Waals surface area contributed by atoms with Crippen LogP contribution in [0.2, 0.25) is 30.7 Å². The molecule has 1 N–H and O–H groups in total. The fraction of sp³-hybridized carbons (Fsp3) is 0.370. The number of anilines is 1. The van der Waals surface area contributed by atoms with E-state index in [9.17, 15) is 4.79 Å². The molecule has 38 heavy (non-hydrogen) atoms. The van der Waals surface area contributed by atoms with E-state index in [2.05, 4.69) is 40.1 Å². The number of amides is 1. The third kappa shape index (κ3) is 6.03. The number of rotatable bonds is 10. The van der Waals surface area contributed by atoms with Crippen molar-refractivity contribution in [1.29, 1.82) is 0 Å². The molecule has 0 unspecified atom stereocenters. The topological polar surface area (TPSA) is 108 Å². The molecule has 3 aromatic heterocycles. The van der Waals surface area contributed by atoms with E-state index in [0.717, 1.165) is 24.4 Å². The number of halogens is 1. The number of benzene rings is 1. The Morgan fingerprint density at radius 1 is 1.24 bits per heavy atom. The standard InChI is InChI=1S/C27H31ClN6O3Si/c1-17-14-29-22(31-26(35)18-9-10-18)13-20(17)27-32-23(24(37-27)19-7-5-6-8-21(19)28)25-33-30-15-34(25)16-36-11-12-38(2,3)4/h5-8,13-15,18H,9-12,16H2,1-4H3,(H,29,31,35). The second-order valence-electron chi connectivity index (χ2n) is 10.8. The molecule has 9 nitrogen and oxygen atoms in total. The van der Waals surface area contributed by atoms with Crippen LogP contribution in [-0.4, -0.2) is 45.3 Å². The SMILES string of the molecule is Cc1cnc(NC(=O)C2CC2)cc1-c1nc(-c2nncn2COCC[Si](C)(C)C)c(-c2ccccc2Cl)o1. The number of aryl methyl sites for hydroxylation is 1. The molecule has 0 radical (unpaired) electrons. The molecule has 5 rings (SSSR count). The Labute approximate surface area is 227 Å². The maximum atomic E-state index is 12.3. The van der Waals surface area contributed by atoms with E-state index >= 15 is 0 Å². The first kappa shape index (κ1) is 26.3. The molecule has 0 spiro atoms. The van der Waals surface area contributed by atoms with Crippen molar-refractivity contribution >= 4 is 31.4 Å². The van der Waals surface area contributed by atoms with Gasteiger partial charge >= 0.3 is 0 Å². The molecule has 1 aliphatic rings. The Morgan fingerprint density at radius 3 is 2.76 bits per heavy atom. The minimum Gasteiger partial charge on any atom is -0.435 e. The fourth-order valence-corrected chi connectivity index (χ4v) is 4.86. The number of hydrogen-bond donors (Lipinski definition) is 1. The number of carbonyl (C=O) groups is 1. The average molecular weight is 551 g/mol. The second kappa shape index (κ2) is 10.8. The van der Waals surface area contributed by atoms with Crippen molar-refractivity contribution in [3.05, 3.63) is 53.4 Å². The highest BCUT2D eigenvalue weighted by atomic mass is 35.5. The summed E-state index contributed by atoms with van der Waals surface area (Å²) >= 11 is 6.57. The van der Waals surface area contributed by atoms with Crippen LogP contribution >= 0.6 is 11.6 Å². The first-order chi connectivity index (χ1) is 18.2. The van der Waals surface area contributed by atoms with Gasteiger partial charge in [-0.15, -0.1) is 10.2 Å². The molecular weight excluding hydrogens is 520 g/mol. The van der Waals surface area contributed by atoms with Crippen LogP contribution in [0.25, 0.3) is 34.3 Å². The van der Waals surface area contributed by atoms with Crippen molar-refractivity contribution in [3.63, 3.8) is 0 Å². The van der Waals surface area contributed by atoms with Crippen molar-refractivity contribution in [3.8, 4) is 34.3 Å². The summed E-state index contributed by atoms with van der Waals surface area (Å²) in [5.41, 5.74) is 2.75. The van der Waals surface area contributed by atoms with Crippen LogP contribution in [0, 0.1) is 12.8 Å². The van der Waals surface area contributed by atoms with Crippen LogP contribution in [-0.2, 0) is 16.3 Å². The summed E-state index contributed by atoms with van der Waals surface area (Å²) in [7, 11) is -1.21. The Balaban J connectivity index is 1.52. The molecule has 1 saturated carbocycles. The predicted molar refractivity (Wildman–Crippen MR) is 149 cm³/mol. The molecule has 4 aromatic rings. The lowest BCUT2D eigenvalue weighted by molar-refractivity contribution is -0.117. The lowest BCUT2D eigenvalue weighted by Crippen LogP contribution is -2.22. The summed E-state index contributed by atoms with van der Waals surface area (Å²) < 4.78 is 14.1. The minimum atomic E-state index is -1.21. The van der Waals surface area contributed by atoms with E-state index in [1.807, 2.05) is 29.7 Å². The number of aromatic nitrogens is 5. The van der Waals surface area contributed by atoms with E-state index in [-0.39, 0.29) is 11.8 Å². The first-order valence-corrected chi connectivity index (χ1v) is 16.8. The molecule has 1 amide bonds. The molecule has 11 heteroatoms. The van der Waals surface area contributed by atoms with Crippen molar-refractivity contribution in [2.24, 2.45) is 5.92 Å². The van der Waals surface area contributed by atoms with Gasteiger partial charge in [0.1, 0.15) is 18.9 Å². The van der Waals surface area contributed by atoms with E-state index in [4.69, 9.17) is 25.7 Å². The lowest BCUT2D eigenvalue weighted by atomic mass is 10.1. The molecule has 198 valence electrons. The fourth-order valence-electron chi connectivity index (χ4n) is 3.89. The number of pyridine rings is 1. The third-order valence-corrected chi connectivity index (χ3v) is 8.37. The normalized spacial score (nSPS) is 13.6. The highest BCUT2D eigenvalue weighted by Crippen LogP contribution is 2.39. The lowest BCUT2D eigenvalue weighted by Gasteiger charge is -2.15. The van der Waals surface area contributed by atoms with Gasteiger partial charge in [-0.3, -0.25) is 9.36 Å². The number of ether oxygens (including phenoxy) is 1. The highest BCUT2D eigenvalue weighted by molar-refractivity contribution is 6.76. The van der Waals surface area contributed by atoms with Crippen LogP contribution in [0.1, 0.15) is 18.4 Å². The van der Waals surface area contributed by atoms with Gasteiger partial charge in [-0.1, -0.05) is 43.4 Å². The predicted octanol–water partition coefficient (Wildman–Crippen LogP) is 6.28. The van der Waals surface area contributed by atoms with Gasteiger partial charge in [0.25, 0.3) is 0 Å². The maximum absolute atomic E-state index is 12.3. The van der Waals surface area contributed by atoms with Crippen molar-refractivity contribution in [2.75, 3.05) is 11.9 Å². The summed E-state index contributed by atoms with van der Waals surface area (Å²) in [5, 5.41) is 11.9. The zero-order valence-corrected chi connectivity index (χ0v) is 23.7. The zero-order valence-electron chi connectivity index (χ0n) is 22.0. The van der Waals surface area contributed by atoms with Gasteiger partial charge < -0.3 is 14.5 Å². The van der Waals surface area contributed by atoms with Crippen LogP contribution in [0.5, 0.6) is 0 Å². The van der Waals surface area contributed by atoms with Gasteiger partial charge in [0, 0.05) is 37.9 Å². The average Bonchev–Trinajstić information content (AvgIpc) is 3.48. The second-order valence-corrected chi connectivity index (χ2v) is 16.8. The van der Waals surface area contributed by atoms with Gasteiger partial charge in [0.05, 0.1) is 5.02 Å². The van der Waals surface area contributed by atoms with Gasteiger partial charge in [-0.25, -0.2) is 9.97 Å². The quantitative estimate of drug-likeness (QED) is 0.183. The van der Waals surface area contributed by atoms with Crippen LogP contribution < -0.4 is 5.32 Å². The number of nitrogens with one attached hydrogen (secondary N) is 1. The van der Waals surface area contributed by atoms with E-state index in [1.54, 1.807) is 24.7 Å². The van der Waals surface area contributed by atoms with Gasteiger partial charge in [-0.05, 0) is 49.6 Å². The third-order valence-electron chi connectivity index (χ3n) is 6.33. The molecule has 0 atom stereocenters. The zero-order chi connectivity index (χ0) is 26.9. The summed E-state index contributed by atoms with van der Waals surface area (Å²) in [4.78, 5) is 21.5. The number of carbonyl (C=O) groups excluding carboxylic acids is 1. The molecule has 0 bridgehead atoms. The molecule has 3 heterocycles. The van der Waals surface area contributed by atoms with Gasteiger partial charge in [0.2, 0.25) is 11.8 Å². The number of oxazole rings is 1. The Hall–Kier alpha value is -3.34. The monoisotopic (exact) mass is 550 g/mol. The largest absolute Gasteiger partial charge is 0.435 e. The van der Waals surface area contributed by atoms with E-state index < -0.39 is 8.07 Å². The summed E-state index contributed by atoms with van der Waals surface area (Å²) in [6.45, 7) is 9.83. The highest BCUT2D eigenvalue weighted by Gasteiger charge is 2.30. The van der Waals surface area contributed by atoms with Crippen LogP contribution in [0.15, 0.2) is 47.3 Å².